The average Bonchev–Trinajstić information content (AvgIpc) is 2.69. The lowest BCUT2D eigenvalue weighted by atomic mass is 10.3. The first-order valence-corrected chi connectivity index (χ1v) is 10.9. The second kappa shape index (κ2) is 8.90. The molecule has 1 heterocycles. The molecule has 3 rings (SSSR count). The Morgan fingerprint density at radius 1 is 0.964 bits per heavy atom. The molecule has 144 valence electrons. The van der Waals surface area contributed by atoms with Gasteiger partial charge in [0.05, 0.1) is 10.1 Å². The fourth-order valence-corrected chi connectivity index (χ4v) is 4.23. The van der Waals surface area contributed by atoms with Crippen molar-refractivity contribution in [2.24, 2.45) is 0 Å². The first-order valence-electron chi connectivity index (χ1n) is 8.50. The molecule has 0 fully saturated rings. The van der Waals surface area contributed by atoms with E-state index in [1.807, 2.05) is 37.3 Å². The number of amides is 1. The maximum atomic E-state index is 12.4. The summed E-state index contributed by atoms with van der Waals surface area (Å²) in [5.74, 6) is 0.0858. The van der Waals surface area contributed by atoms with E-state index in [4.69, 9.17) is 0 Å². The smallest absolute Gasteiger partial charge is 0.263 e. The molecule has 28 heavy (non-hydrogen) atoms. The third-order valence-electron chi connectivity index (χ3n) is 3.76. The summed E-state index contributed by atoms with van der Waals surface area (Å²) in [6, 6.07) is 20.6. The molecule has 6 nitrogen and oxygen atoms in total. The Morgan fingerprint density at radius 3 is 2.29 bits per heavy atom. The van der Waals surface area contributed by atoms with Crippen molar-refractivity contribution in [2.45, 2.75) is 22.0 Å². The number of rotatable bonds is 7. The predicted octanol–water partition coefficient (Wildman–Crippen LogP) is 4.00. The van der Waals surface area contributed by atoms with Gasteiger partial charge in [-0.15, -0.1) is 11.8 Å². The molecule has 0 saturated carbocycles. The molecule has 2 aromatic carbocycles. The van der Waals surface area contributed by atoms with Gasteiger partial charge in [-0.05, 0) is 55.5 Å². The van der Waals surface area contributed by atoms with Crippen LogP contribution in [-0.4, -0.2) is 24.6 Å². The number of thioether (sulfide) groups is 1. The second-order valence-electron chi connectivity index (χ2n) is 5.91. The van der Waals surface area contributed by atoms with Gasteiger partial charge in [0.15, 0.2) is 0 Å². The Kier molecular flexibility index (Phi) is 6.33. The molecule has 1 atom stereocenters. The third kappa shape index (κ3) is 5.34. The van der Waals surface area contributed by atoms with Crippen molar-refractivity contribution in [3.05, 3.63) is 79.0 Å². The van der Waals surface area contributed by atoms with Crippen LogP contribution in [0, 0.1) is 0 Å². The van der Waals surface area contributed by atoms with Gasteiger partial charge in [-0.1, -0.05) is 24.3 Å². The maximum Gasteiger partial charge on any atom is 0.263 e. The number of pyridine rings is 1. The summed E-state index contributed by atoms with van der Waals surface area (Å²) in [6.07, 6.45) is 1.51. The van der Waals surface area contributed by atoms with E-state index in [0.29, 0.717) is 5.69 Å². The Labute approximate surface area is 168 Å². The summed E-state index contributed by atoms with van der Waals surface area (Å²) in [5.41, 5.74) is 0.530. The van der Waals surface area contributed by atoms with Gasteiger partial charge in [-0.2, -0.15) is 0 Å². The monoisotopic (exact) mass is 413 g/mol. The van der Waals surface area contributed by atoms with Gasteiger partial charge >= 0.3 is 0 Å². The average molecular weight is 414 g/mol. The minimum atomic E-state index is -3.74. The van der Waals surface area contributed by atoms with E-state index in [0.717, 1.165) is 4.90 Å². The van der Waals surface area contributed by atoms with Crippen molar-refractivity contribution in [2.75, 3.05) is 10.0 Å². The van der Waals surface area contributed by atoms with Crippen LogP contribution in [0.5, 0.6) is 0 Å². The van der Waals surface area contributed by atoms with Gasteiger partial charge in [-0.3, -0.25) is 9.52 Å². The summed E-state index contributed by atoms with van der Waals surface area (Å²) in [7, 11) is -3.74. The molecule has 0 aliphatic rings. The van der Waals surface area contributed by atoms with Crippen LogP contribution >= 0.6 is 11.8 Å². The fraction of sp³-hybridized carbons (Fsp3) is 0.100. The van der Waals surface area contributed by atoms with Crippen LogP contribution in [0.4, 0.5) is 11.5 Å². The number of anilines is 2. The first-order chi connectivity index (χ1) is 13.4. The van der Waals surface area contributed by atoms with Crippen molar-refractivity contribution >= 4 is 39.2 Å². The lowest BCUT2D eigenvalue weighted by Gasteiger charge is -2.12. The molecular formula is C20H19N3O3S2. The molecule has 1 aromatic heterocycles. The van der Waals surface area contributed by atoms with E-state index in [1.54, 1.807) is 30.3 Å². The van der Waals surface area contributed by atoms with Crippen molar-refractivity contribution in [3.8, 4) is 0 Å². The highest BCUT2D eigenvalue weighted by Crippen LogP contribution is 2.24. The van der Waals surface area contributed by atoms with Crippen LogP contribution in [0.15, 0.2) is 88.8 Å². The summed E-state index contributed by atoms with van der Waals surface area (Å²) >= 11 is 1.45. The lowest BCUT2D eigenvalue weighted by Crippen LogP contribution is -2.22. The quantitative estimate of drug-likeness (QED) is 0.572. The van der Waals surface area contributed by atoms with Crippen LogP contribution in [-0.2, 0) is 14.8 Å². The molecule has 0 spiro atoms. The minimum absolute atomic E-state index is 0.0860. The number of benzene rings is 2. The van der Waals surface area contributed by atoms with Crippen molar-refractivity contribution in [1.82, 2.24) is 4.98 Å². The molecular weight excluding hydrogens is 394 g/mol. The number of sulfonamides is 1. The minimum Gasteiger partial charge on any atom is -0.325 e. The molecule has 0 radical (unpaired) electrons. The van der Waals surface area contributed by atoms with Gasteiger partial charge in [0.2, 0.25) is 5.91 Å². The molecule has 0 bridgehead atoms. The third-order valence-corrected chi connectivity index (χ3v) is 6.24. The summed E-state index contributed by atoms with van der Waals surface area (Å²) in [6.45, 7) is 1.82. The Balaban J connectivity index is 1.63. The molecule has 0 unspecified atom stereocenters. The van der Waals surface area contributed by atoms with E-state index in [2.05, 4.69) is 15.0 Å². The fourth-order valence-electron chi connectivity index (χ4n) is 2.34. The molecule has 0 aliphatic heterocycles. The van der Waals surface area contributed by atoms with Crippen molar-refractivity contribution < 1.29 is 13.2 Å². The van der Waals surface area contributed by atoms with Crippen LogP contribution in [0.25, 0.3) is 0 Å². The Bertz CT molecular complexity index is 1030. The highest BCUT2D eigenvalue weighted by Gasteiger charge is 2.17. The van der Waals surface area contributed by atoms with E-state index in [1.165, 1.54) is 30.1 Å². The molecule has 1 amide bonds. The topological polar surface area (TPSA) is 88.2 Å². The number of carbonyl (C=O) groups excluding carboxylic acids is 1. The van der Waals surface area contributed by atoms with E-state index in [-0.39, 0.29) is 21.9 Å². The highest BCUT2D eigenvalue weighted by atomic mass is 32.2. The predicted molar refractivity (Wildman–Crippen MR) is 112 cm³/mol. The zero-order valence-corrected chi connectivity index (χ0v) is 16.7. The number of aromatic nitrogens is 1. The summed E-state index contributed by atoms with van der Waals surface area (Å²) in [5, 5.41) is 2.51. The molecule has 2 N–H and O–H groups in total. The van der Waals surface area contributed by atoms with Crippen molar-refractivity contribution in [3.63, 3.8) is 0 Å². The van der Waals surface area contributed by atoms with Crippen LogP contribution < -0.4 is 10.0 Å². The number of hydrogen-bond donors (Lipinski definition) is 2. The largest absolute Gasteiger partial charge is 0.325 e. The highest BCUT2D eigenvalue weighted by molar-refractivity contribution is 8.00. The van der Waals surface area contributed by atoms with Crippen LogP contribution in [0.2, 0.25) is 0 Å². The van der Waals surface area contributed by atoms with Gasteiger partial charge in [0, 0.05) is 16.8 Å². The SMILES string of the molecule is C[C@@H](Sc1ccccc1)C(=O)Nc1ccc(S(=O)(=O)Nc2ccccn2)cc1. The lowest BCUT2D eigenvalue weighted by molar-refractivity contribution is -0.115. The number of hydrogen-bond acceptors (Lipinski definition) is 5. The maximum absolute atomic E-state index is 12.4. The number of nitrogens with zero attached hydrogens (tertiary/aromatic N) is 1. The van der Waals surface area contributed by atoms with Gasteiger partial charge < -0.3 is 5.32 Å². The normalized spacial score (nSPS) is 12.2. The van der Waals surface area contributed by atoms with E-state index in [9.17, 15) is 13.2 Å². The van der Waals surface area contributed by atoms with E-state index >= 15 is 0 Å². The first kappa shape index (κ1) is 19.9. The Hall–Kier alpha value is -2.84. The molecule has 8 heteroatoms. The van der Waals surface area contributed by atoms with Gasteiger partial charge in [-0.25, -0.2) is 13.4 Å². The molecule has 0 aliphatic carbocycles. The summed E-state index contributed by atoms with van der Waals surface area (Å²) < 4.78 is 27.2. The van der Waals surface area contributed by atoms with Crippen molar-refractivity contribution in [1.29, 1.82) is 0 Å². The standard InChI is InChI=1S/C20H19N3O3S2/c1-15(27-17-7-3-2-4-8-17)20(24)22-16-10-12-18(13-11-16)28(25,26)23-19-9-5-6-14-21-19/h2-15H,1H3,(H,21,23)(H,22,24)/t15-/m1/s1. The van der Waals surface area contributed by atoms with Gasteiger partial charge in [0.1, 0.15) is 5.82 Å². The summed E-state index contributed by atoms with van der Waals surface area (Å²) in [4.78, 5) is 17.4. The van der Waals surface area contributed by atoms with E-state index < -0.39 is 10.0 Å². The number of nitrogens with one attached hydrogen (secondary N) is 2. The zero-order chi connectivity index (χ0) is 20.0. The van der Waals surface area contributed by atoms with Crippen LogP contribution in [0.3, 0.4) is 0 Å². The number of carbonyl (C=O) groups is 1. The molecule has 0 saturated heterocycles. The Morgan fingerprint density at radius 2 is 1.64 bits per heavy atom. The zero-order valence-electron chi connectivity index (χ0n) is 15.1. The van der Waals surface area contributed by atoms with Gasteiger partial charge in [0.25, 0.3) is 10.0 Å². The van der Waals surface area contributed by atoms with Crippen LogP contribution in [0.1, 0.15) is 6.92 Å². The molecule has 3 aromatic rings. The second-order valence-corrected chi connectivity index (χ2v) is 9.00.